The number of halogens is 2. The van der Waals surface area contributed by atoms with Gasteiger partial charge in [-0.25, -0.2) is 0 Å². The van der Waals surface area contributed by atoms with Crippen molar-refractivity contribution in [2.24, 2.45) is 5.92 Å². The Morgan fingerprint density at radius 3 is 2.85 bits per heavy atom. The van der Waals surface area contributed by atoms with E-state index in [4.69, 9.17) is 0 Å². The zero-order valence-corrected chi connectivity index (χ0v) is 7.97. The number of allylic oxidation sites excluding steroid dienone is 4. The van der Waals surface area contributed by atoms with E-state index in [1.165, 1.54) is 0 Å². The number of rotatable bonds is 3. The van der Waals surface area contributed by atoms with Crippen molar-refractivity contribution in [3.63, 3.8) is 0 Å². The average molecular weight is 186 g/mol. The van der Waals surface area contributed by atoms with E-state index >= 15 is 0 Å². The maximum absolute atomic E-state index is 12.8. The van der Waals surface area contributed by atoms with Crippen LogP contribution in [0.4, 0.5) is 8.78 Å². The van der Waals surface area contributed by atoms with E-state index in [0.29, 0.717) is 5.92 Å². The van der Waals surface area contributed by atoms with Crippen molar-refractivity contribution in [2.45, 2.75) is 38.5 Å². The van der Waals surface area contributed by atoms with Crippen LogP contribution in [-0.2, 0) is 0 Å². The Kier molecular flexibility index (Phi) is 3.64. The molecule has 1 aliphatic rings. The van der Waals surface area contributed by atoms with Crippen molar-refractivity contribution in [1.82, 2.24) is 0 Å². The van der Waals surface area contributed by atoms with Crippen molar-refractivity contribution in [2.75, 3.05) is 0 Å². The summed E-state index contributed by atoms with van der Waals surface area (Å²) < 4.78 is 25.6. The molecular weight excluding hydrogens is 170 g/mol. The van der Waals surface area contributed by atoms with Gasteiger partial charge in [0.25, 0.3) is 5.92 Å². The third kappa shape index (κ3) is 3.71. The lowest BCUT2D eigenvalue weighted by Gasteiger charge is -2.07. The SMILES string of the molecule is CCCCC1C=CC(F)(F)C=CC1. The van der Waals surface area contributed by atoms with Crippen LogP contribution < -0.4 is 0 Å². The molecule has 0 saturated heterocycles. The normalized spacial score (nSPS) is 25.9. The molecule has 0 aromatic rings. The molecule has 0 bridgehead atoms. The smallest absolute Gasteiger partial charge is 0.197 e. The standard InChI is InChI=1S/C11H16F2/c1-2-3-5-10-6-4-8-11(12,13)9-7-10/h4,7-10H,2-3,5-6H2,1H3. The summed E-state index contributed by atoms with van der Waals surface area (Å²) >= 11 is 0. The minimum atomic E-state index is -2.72. The first kappa shape index (κ1) is 10.4. The summed E-state index contributed by atoms with van der Waals surface area (Å²) in [6, 6.07) is 0. The van der Waals surface area contributed by atoms with Gasteiger partial charge in [-0.3, -0.25) is 0 Å². The van der Waals surface area contributed by atoms with Crippen molar-refractivity contribution in [1.29, 1.82) is 0 Å². The van der Waals surface area contributed by atoms with Crippen LogP contribution in [0.5, 0.6) is 0 Å². The highest BCUT2D eigenvalue weighted by Gasteiger charge is 2.22. The highest BCUT2D eigenvalue weighted by molar-refractivity contribution is 5.13. The fourth-order valence-electron chi connectivity index (χ4n) is 1.48. The van der Waals surface area contributed by atoms with Gasteiger partial charge in [0, 0.05) is 0 Å². The monoisotopic (exact) mass is 186 g/mol. The summed E-state index contributed by atoms with van der Waals surface area (Å²) in [5, 5.41) is 0. The van der Waals surface area contributed by atoms with Gasteiger partial charge in [-0.15, -0.1) is 0 Å². The van der Waals surface area contributed by atoms with Crippen LogP contribution in [0.25, 0.3) is 0 Å². The van der Waals surface area contributed by atoms with Gasteiger partial charge in [0.05, 0.1) is 0 Å². The fraction of sp³-hybridized carbons (Fsp3) is 0.636. The molecule has 0 heterocycles. The number of unbranched alkanes of at least 4 members (excludes halogenated alkanes) is 1. The Hall–Kier alpha value is -0.660. The summed E-state index contributed by atoms with van der Waals surface area (Å²) in [5.74, 6) is -2.41. The molecule has 0 saturated carbocycles. The Bertz CT molecular complexity index is 204. The fourth-order valence-corrected chi connectivity index (χ4v) is 1.48. The molecule has 0 aromatic heterocycles. The topological polar surface area (TPSA) is 0 Å². The molecule has 1 unspecified atom stereocenters. The molecule has 0 radical (unpaired) electrons. The van der Waals surface area contributed by atoms with Crippen LogP contribution in [0, 0.1) is 5.92 Å². The summed E-state index contributed by atoms with van der Waals surface area (Å²) in [6.07, 6.45) is 9.31. The zero-order chi connectivity index (χ0) is 9.73. The molecule has 2 heteroatoms. The summed E-state index contributed by atoms with van der Waals surface area (Å²) in [5.41, 5.74) is 0. The van der Waals surface area contributed by atoms with E-state index in [0.717, 1.165) is 37.8 Å². The first-order valence-electron chi connectivity index (χ1n) is 4.89. The highest BCUT2D eigenvalue weighted by Crippen LogP contribution is 2.25. The largest absolute Gasteiger partial charge is 0.284 e. The first-order chi connectivity index (χ1) is 6.14. The van der Waals surface area contributed by atoms with Crippen molar-refractivity contribution in [3.05, 3.63) is 24.3 Å². The van der Waals surface area contributed by atoms with E-state index in [2.05, 4.69) is 6.92 Å². The number of alkyl halides is 2. The van der Waals surface area contributed by atoms with Crippen LogP contribution >= 0.6 is 0 Å². The Balaban J connectivity index is 2.49. The molecule has 0 N–H and O–H groups in total. The predicted octanol–water partition coefficient (Wildman–Crippen LogP) is 3.94. The maximum Gasteiger partial charge on any atom is 0.284 e. The molecule has 0 spiro atoms. The Morgan fingerprint density at radius 1 is 1.38 bits per heavy atom. The predicted molar refractivity (Wildman–Crippen MR) is 50.9 cm³/mol. The second kappa shape index (κ2) is 4.54. The molecular formula is C11H16F2. The lowest BCUT2D eigenvalue weighted by Crippen LogP contribution is -2.05. The van der Waals surface area contributed by atoms with Crippen molar-refractivity contribution < 1.29 is 8.78 Å². The van der Waals surface area contributed by atoms with Crippen LogP contribution in [0.15, 0.2) is 24.3 Å². The molecule has 1 rings (SSSR count). The second-order valence-corrected chi connectivity index (χ2v) is 3.57. The highest BCUT2D eigenvalue weighted by atomic mass is 19.3. The van der Waals surface area contributed by atoms with E-state index in [9.17, 15) is 8.78 Å². The molecule has 0 fully saturated rings. The van der Waals surface area contributed by atoms with Gasteiger partial charge in [0.1, 0.15) is 0 Å². The number of hydrogen-bond acceptors (Lipinski definition) is 0. The molecule has 0 amide bonds. The van der Waals surface area contributed by atoms with E-state index in [1.807, 2.05) is 0 Å². The van der Waals surface area contributed by atoms with Gasteiger partial charge >= 0.3 is 0 Å². The van der Waals surface area contributed by atoms with Gasteiger partial charge in [-0.2, -0.15) is 8.78 Å². The average Bonchev–Trinajstić information content (AvgIpc) is 2.23. The van der Waals surface area contributed by atoms with Crippen LogP contribution in [0.3, 0.4) is 0 Å². The third-order valence-electron chi connectivity index (χ3n) is 2.30. The van der Waals surface area contributed by atoms with E-state index in [-0.39, 0.29) is 0 Å². The molecule has 0 aromatic carbocycles. The molecule has 74 valence electrons. The van der Waals surface area contributed by atoms with Crippen LogP contribution in [0.2, 0.25) is 0 Å². The van der Waals surface area contributed by atoms with Gasteiger partial charge in [-0.1, -0.05) is 31.9 Å². The summed E-state index contributed by atoms with van der Waals surface area (Å²) in [6.45, 7) is 2.12. The van der Waals surface area contributed by atoms with Crippen LogP contribution in [-0.4, -0.2) is 5.92 Å². The summed E-state index contributed by atoms with van der Waals surface area (Å²) in [7, 11) is 0. The molecule has 0 aliphatic heterocycles. The minimum Gasteiger partial charge on any atom is -0.197 e. The first-order valence-corrected chi connectivity index (χ1v) is 4.89. The third-order valence-corrected chi connectivity index (χ3v) is 2.30. The lowest BCUT2D eigenvalue weighted by atomic mass is 9.99. The molecule has 1 atom stereocenters. The van der Waals surface area contributed by atoms with E-state index < -0.39 is 5.92 Å². The quantitative estimate of drug-likeness (QED) is 0.585. The van der Waals surface area contributed by atoms with Crippen LogP contribution in [0.1, 0.15) is 32.6 Å². The van der Waals surface area contributed by atoms with Gasteiger partial charge in [0.2, 0.25) is 0 Å². The minimum absolute atomic E-state index is 0.310. The van der Waals surface area contributed by atoms with Gasteiger partial charge in [0.15, 0.2) is 0 Å². The van der Waals surface area contributed by atoms with Crippen molar-refractivity contribution >= 4 is 0 Å². The summed E-state index contributed by atoms with van der Waals surface area (Å²) in [4.78, 5) is 0. The van der Waals surface area contributed by atoms with Crippen molar-refractivity contribution in [3.8, 4) is 0 Å². The molecule has 0 nitrogen and oxygen atoms in total. The Morgan fingerprint density at radius 2 is 2.15 bits per heavy atom. The van der Waals surface area contributed by atoms with Gasteiger partial charge in [-0.05, 0) is 30.9 Å². The molecule has 1 aliphatic carbocycles. The zero-order valence-electron chi connectivity index (χ0n) is 7.97. The number of hydrogen-bond donors (Lipinski definition) is 0. The Labute approximate surface area is 78.3 Å². The lowest BCUT2D eigenvalue weighted by molar-refractivity contribution is 0.111. The second-order valence-electron chi connectivity index (χ2n) is 3.57. The van der Waals surface area contributed by atoms with E-state index in [1.54, 1.807) is 12.2 Å². The maximum atomic E-state index is 12.8. The van der Waals surface area contributed by atoms with Gasteiger partial charge < -0.3 is 0 Å². The molecule has 13 heavy (non-hydrogen) atoms.